The number of rotatable bonds is 0. The molecule has 0 unspecified atom stereocenters. The minimum absolute atomic E-state index is 0. The third kappa shape index (κ3) is 30.8. The average molecular weight is 561 g/mol. The van der Waals surface area contributed by atoms with Crippen molar-refractivity contribution >= 4 is 0 Å². The second-order valence-electron chi connectivity index (χ2n) is 13.5. The minimum atomic E-state index is 0. The van der Waals surface area contributed by atoms with Crippen molar-refractivity contribution in [2.24, 2.45) is 47.3 Å². The molecule has 0 radical (unpaired) electrons. The first-order chi connectivity index (χ1) is 15.2. The van der Waals surface area contributed by atoms with E-state index in [0.717, 1.165) is 47.3 Å². The maximum Gasteiger partial charge on any atom is -0.0443 e. The summed E-state index contributed by atoms with van der Waals surface area (Å²) in [6, 6.07) is 0. The van der Waals surface area contributed by atoms with E-state index in [4.69, 9.17) is 0 Å². The Morgan fingerprint density at radius 3 is 0.282 bits per heavy atom. The van der Waals surface area contributed by atoms with Crippen LogP contribution in [-0.2, 0) is 0 Å². The summed E-state index contributed by atoms with van der Waals surface area (Å²) in [5, 5.41) is 0. The maximum atomic E-state index is 2.37. The van der Waals surface area contributed by atoms with Crippen LogP contribution in [0.15, 0.2) is 0 Å². The van der Waals surface area contributed by atoms with Crippen molar-refractivity contribution < 1.29 is 0 Å². The summed E-state index contributed by atoms with van der Waals surface area (Å²) < 4.78 is 0. The van der Waals surface area contributed by atoms with Gasteiger partial charge in [-0.1, -0.05) is 210 Å². The Morgan fingerprint density at radius 1 is 0.179 bits per heavy atom. The van der Waals surface area contributed by atoms with Crippen LogP contribution < -0.4 is 0 Å². The second kappa shape index (κ2) is 32.5. The Hall–Kier alpha value is 0. The molecule has 4 saturated carbocycles. The molecule has 0 bridgehead atoms. The molecule has 0 heteroatoms. The van der Waals surface area contributed by atoms with E-state index in [1.807, 2.05) is 0 Å². The SMILES string of the molecule is C.C.C.C.C.C.C.CC1CCC(C)CC1.CC1CCC(C)CC1.CC1CCC(C)CC1.CC1CCC(C)CC1. The molecule has 0 nitrogen and oxygen atoms in total. The summed E-state index contributed by atoms with van der Waals surface area (Å²) in [7, 11) is 0. The van der Waals surface area contributed by atoms with Crippen LogP contribution in [0.5, 0.6) is 0 Å². The van der Waals surface area contributed by atoms with Crippen LogP contribution in [0.4, 0.5) is 0 Å². The first-order valence-electron chi connectivity index (χ1n) is 15.2. The Kier molecular flexibility index (Phi) is 45.8. The van der Waals surface area contributed by atoms with Crippen LogP contribution >= 0.6 is 0 Å². The van der Waals surface area contributed by atoms with E-state index < -0.39 is 0 Å². The van der Waals surface area contributed by atoms with Crippen molar-refractivity contribution in [2.75, 3.05) is 0 Å². The lowest BCUT2D eigenvalue weighted by molar-refractivity contribution is 0.308. The van der Waals surface area contributed by atoms with Gasteiger partial charge in [0.05, 0.1) is 0 Å². The lowest BCUT2D eigenvalue weighted by Crippen LogP contribution is -2.08. The van der Waals surface area contributed by atoms with E-state index in [1.54, 1.807) is 0 Å². The van der Waals surface area contributed by atoms with Crippen molar-refractivity contribution in [3.05, 3.63) is 0 Å². The number of hydrogen-bond acceptors (Lipinski definition) is 0. The first-order valence-corrected chi connectivity index (χ1v) is 15.2. The quantitative estimate of drug-likeness (QED) is 0.276. The van der Waals surface area contributed by atoms with Crippen LogP contribution in [-0.4, -0.2) is 0 Å². The fraction of sp³-hybridized carbons (Fsp3) is 1.00. The molecule has 0 aromatic rings. The Balaban J connectivity index is -0.0000000661. The average Bonchev–Trinajstić information content (AvgIpc) is 2.78. The van der Waals surface area contributed by atoms with Gasteiger partial charge in [-0.25, -0.2) is 0 Å². The molecule has 0 aromatic heterocycles. The minimum Gasteiger partial charge on any atom is -0.0776 e. The highest BCUT2D eigenvalue weighted by atomic mass is 14.2. The van der Waals surface area contributed by atoms with Crippen molar-refractivity contribution in [1.82, 2.24) is 0 Å². The van der Waals surface area contributed by atoms with E-state index in [2.05, 4.69) is 55.4 Å². The number of hydrogen-bond donors (Lipinski definition) is 0. The van der Waals surface area contributed by atoms with E-state index in [1.165, 1.54) is 103 Å². The molecule has 0 N–H and O–H groups in total. The fourth-order valence-electron chi connectivity index (χ4n) is 5.71. The van der Waals surface area contributed by atoms with Gasteiger partial charge in [0.2, 0.25) is 0 Å². The van der Waals surface area contributed by atoms with Gasteiger partial charge in [-0.3, -0.25) is 0 Å². The van der Waals surface area contributed by atoms with Crippen LogP contribution in [0, 0.1) is 47.3 Å². The summed E-state index contributed by atoms with van der Waals surface area (Å²) in [4.78, 5) is 0. The van der Waals surface area contributed by atoms with E-state index >= 15 is 0 Å². The van der Waals surface area contributed by atoms with Gasteiger partial charge in [0.15, 0.2) is 0 Å². The van der Waals surface area contributed by atoms with Gasteiger partial charge in [-0.2, -0.15) is 0 Å². The molecule has 4 fully saturated rings. The monoisotopic (exact) mass is 561 g/mol. The van der Waals surface area contributed by atoms with Crippen molar-refractivity contribution in [3.63, 3.8) is 0 Å². The normalized spacial score (nSPS) is 32.6. The summed E-state index contributed by atoms with van der Waals surface area (Å²) >= 11 is 0. The highest BCUT2D eigenvalue weighted by Crippen LogP contribution is 2.29. The lowest BCUT2D eigenvalue weighted by Gasteiger charge is -2.22. The zero-order chi connectivity index (χ0) is 23.9. The molecule has 0 atom stereocenters. The molecule has 0 aliphatic heterocycles. The van der Waals surface area contributed by atoms with E-state index in [9.17, 15) is 0 Å². The van der Waals surface area contributed by atoms with Gasteiger partial charge in [0.25, 0.3) is 0 Å². The molecule has 0 saturated heterocycles. The molecule has 4 rings (SSSR count). The molecular weight excluding hydrogens is 468 g/mol. The van der Waals surface area contributed by atoms with Gasteiger partial charge < -0.3 is 0 Å². The van der Waals surface area contributed by atoms with Gasteiger partial charge in [-0.05, 0) is 47.3 Å². The predicted octanol–water partition coefficient (Wildman–Crippen LogP) is 15.8. The van der Waals surface area contributed by atoms with Crippen molar-refractivity contribution in [3.8, 4) is 0 Å². The van der Waals surface area contributed by atoms with Gasteiger partial charge in [0, 0.05) is 0 Å². The summed E-state index contributed by atoms with van der Waals surface area (Å²) in [6.07, 6.45) is 23.6. The molecule has 248 valence electrons. The van der Waals surface area contributed by atoms with Crippen LogP contribution in [0.2, 0.25) is 0 Å². The third-order valence-electron chi connectivity index (χ3n) is 9.22. The molecule has 0 spiro atoms. The molecule has 39 heavy (non-hydrogen) atoms. The van der Waals surface area contributed by atoms with Crippen LogP contribution in [0.1, 0.15) is 210 Å². The summed E-state index contributed by atoms with van der Waals surface area (Å²) in [5.41, 5.74) is 0. The van der Waals surface area contributed by atoms with Crippen LogP contribution in [0.25, 0.3) is 0 Å². The largest absolute Gasteiger partial charge is 0.0776 e. The van der Waals surface area contributed by atoms with Gasteiger partial charge in [-0.15, -0.1) is 0 Å². The highest BCUT2D eigenvalue weighted by Gasteiger charge is 2.15. The van der Waals surface area contributed by atoms with Crippen molar-refractivity contribution in [2.45, 2.75) is 210 Å². The molecule has 0 amide bonds. The Labute approximate surface area is 257 Å². The molecule has 4 aliphatic rings. The molecular formula is C39H92. The Bertz CT molecular complexity index is 274. The zero-order valence-electron chi connectivity index (χ0n) is 23.9. The molecule has 0 heterocycles. The fourth-order valence-corrected chi connectivity index (χ4v) is 5.71. The smallest absolute Gasteiger partial charge is 0.0443 e. The molecule has 0 aromatic carbocycles. The third-order valence-corrected chi connectivity index (χ3v) is 9.22. The lowest BCUT2D eigenvalue weighted by atomic mass is 9.84. The zero-order valence-corrected chi connectivity index (χ0v) is 23.9. The Morgan fingerprint density at radius 2 is 0.231 bits per heavy atom. The van der Waals surface area contributed by atoms with Gasteiger partial charge >= 0.3 is 0 Å². The molecule has 4 aliphatic carbocycles. The first kappa shape index (κ1) is 55.0. The highest BCUT2D eigenvalue weighted by molar-refractivity contribution is 4.67. The van der Waals surface area contributed by atoms with Crippen molar-refractivity contribution in [1.29, 1.82) is 0 Å². The van der Waals surface area contributed by atoms with E-state index in [-0.39, 0.29) is 52.0 Å². The predicted molar refractivity (Wildman–Crippen MR) is 194 cm³/mol. The summed E-state index contributed by atoms with van der Waals surface area (Å²) in [5.74, 6) is 8.16. The van der Waals surface area contributed by atoms with Crippen LogP contribution in [0.3, 0.4) is 0 Å². The standard InChI is InChI=1S/4C8H16.7CH4/c4*1-7-3-5-8(2)6-4-7;;;;;;;/h4*7-8H,3-6H2,1-2H3;7*1H4. The second-order valence-corrected chi connectivity index (χ2v) is 13.5. The van der Waals surface area contributed by atoms with Gasteiger partial charge in [0.1, 0.15) is 0 Å². The topological polar surface area (TPSA) is 0 Å². The summed E-state index contributed by atoms with van der Waals surface area (Å²) in [6.45, 7) is 18.9. The van der Waals surface area contributed by atoms with E-state index in [0.29, 0.717) is 0 Å². The maximum absolute atomic E-state index is 2.37.